The molecule has 1 N–H and O–H groups in total. The SMILES string of the molecule is CN1C(=O)CCC1CNC1CC1. The Labute approximate surface area is 73.1 Å². The van der Waals surface area contributed by atoms with Crippen molar-refractivity contribution in [1.82, 2.24) is 10.2 Å². The number of nitrogens with one attached hydrogen (secondary N) is 1. The second-order valence-corrected chi connectivity index (χ2v) is 3.88. The molecule has 0 radical (unpaired) electrons. The van der Waals surface area contributed by atoms with Crippen molar-refractivity contribution in [2.45, 2.75) is 37.8 Å². The Balaban J connectivity index is 1.75. The van der Waals surface area contributed by atoms with E-state index in [1.54, 1.807) is 0 Å². The Morgan fingerprint density at radius 1 is 1.50 bits per heavy atom. The molecule has 3 heteroatoms. The Morgan fingerprint density at radius 2 is 2.25 bits per heavy atom. The van der Waals surface area contributed by atoms with Gasteiger partial charge in [0.05, 0.1) is 0 Å². The lowest BCUT2D eigenvalue weighted by Gasteiger charge is -2.19. The largest absolute Gasteiger partial charge is 0.341 e. The molecule has 0 bridgehead atoms. The fourth-order valence-electron chi connectivity index (χ4n) is 1.69. The minimum Gasteiger partial charge on any atom is -0.341 e. The molecule has 68 valence electrons. The molecule has 1 aliphatic heterocycles. The van der Waals surface area contributed by atoms with Crippen molar-refractivity contribution in [3.63, 3.8) is 0 Å². The van der Waals surface area contributed by atoms with Crippen LogP contribution in [0, 0.1) is 0 Å². The normalized spacial score (nSPS) is 29.9. The summed E-state index contributed by atoms with van der Waals surface area (Å²) in [4.78, 5) is 13.0. The molecule has 0 aromatic heterocycles. The monoisotopic (exact) mass is 168 g/mol. The molecule has 2 fully saturated rings. The first-order valence-electron chi connectivity index (χ1n) is 4.76. The summed E-state index contributed by atoms with van der Waals surface area (Å²) >= 11 is 0. The molecule has 0 aromatic carbocycles. The lowest BCUT2D eigenvalue weighted by Crippen LogP contribution is -2.37. The van der Waals surface area contributed by atoms with Crippen LogP contribution in [-0.2, 0) is 4.79 Å². The van der Waals surface area contributed by atoms with Crippen LogP contribution in [-0.4, -0.2) is 36.5 Å². The van der Waals surface area contributed by atoms with Crippen LogP contribution in [0.15, 0.2) is 0 Å². The molecule has 1 unspecified atom stereocenters. The number of nitrogens with zero attached hydrogens (tertiary/aromatic N) is 1. The number of hydrogen-bond acceptors (Lipinski definition) is 2. The molecule has 1 amide bonds. The molecule has 0 aromatic rings. The van der Waals surface area contributed by atoms with Crippen LogP contribution < -0.4 is 5.32 Å². The van der Waals surface area contributed by atoms with E-state index < -0.39 is 0 Å². The third kappa shape index (κ3) is 1.61. The highest BCUT2D eigenvalue weighted by molar-refractivity contribution is 5.78. The molecule has 12 heavy (non-hydrogen) atoms. The quantitative estimate of drug-likeness (QED) is 0.660. The molecular formula is C9H16N2O. The highest BCUT2D eigenvalue weighted by Crippen LogP contribution is 2.21. The summed E-state index contributed by atoms with van der Waals surface area (Å²) in [6, 6.07) is 1.22. The van der Waals surface area contributed by atoms with Crippen molar-refractivity contribution in [3.05, 3.63) is 0 Å². The van der Waals surface area contributed by atoms with Crippen LogP contribution in [0.4, 0.5) is 0 Å². The lowest BCUT2D eigenvalue weighted by atomic mass is 10.2. The Kier molecular flexibility index (Phi) is 2.05. The van der Waals surface area contributed by atoms with Crippen molar-refractivity contribution in [2.24, 2.45) is 0 Å². The van der Waals surface area contributed by atoms with Gasteiger partial charge in [-0.25, -0.2) is 0 Å². The number of rotatable bonds is 3. The molecule has 0 spiro atoms. The first kappa shape index (κ1) is 8.05. The first-order valence-corrected chi connectivity index (χ1v) is 4.76. The minimum atomic E-state index is 0.303. The fraction of sp³-hybridized carbons (Fsp3) is 0.889. The van der Waals surface area contributed by atoms with E-state index in [1.807, 2.05) is 11.9 Å². The van der Waals surface area contributed by atoms with Gasteiger partial charge in [-0.3, -0.25) is 4.79 Å². The zero-order chi connectivity index (χ0) is 8.55. The fourth-order valence-corrected chi connectivity index (χ4v) is 1.69. The number of likely N-dealkylation sites (N-methyl/N-ethyl adjacent to an activating group) is 1. The van der Waals surface area contributed by atoms with Gasteiger partial charge in [-0.05, 0) is 19.3 Å². The van der Waals surface area contributed by atoms with Gasteiger partial charge in [-0.15, -0.1) is 0 Å². The second kappa shape index (κ2) is 3.05. The Bertz CT molecular complexity index is 189. The lowest BCUT2D eigenvalue weighted by molar-refractivity contribution is -0.127. The van der Waals surface area contributed by atoms with Crippen molar-refractivity contribution in [3.8, 4) is 0 Å². The van der Waals surface area contributed by atoms with E-state index in [0.29, 0.717) is 11.9 Å². The van der Waals surface area contributed by atoms with Crippen molar-refractivity contribution < 1.29 is 4.79 Å². The number of amides is 1. The van der Waals surface area contributed by atoms with Gasteiger partial charge < -0.3 is 10.2 Å². The van der Waals surface area contributed by atoms with Gasteiger partial charge in [0.2, 0.25) is 5.91 Å². The Morgan fingerprint density at radius 3 is 2.75 bits per heavy atom. The number of likely N-dealkylation sites (tertiary alicyclic amines) is 1. The van der Waals surface area contributed by atoms with Crippen LogP contribution >= 0.6 is 0 Å². The molecule has 2 rings (SSSR count). The van der Waals surface area contributed by atoms with Gasteiger partial charge in [-0.2, -0.15) is 0 Å². The van der Waals surface area contributed by atoms with Crippen LogP contribution in [0.2, 0.25) is 0 Å². The van der Waals surface area contributed by atoms with Crippen molar-refractivity contribution in [2.75, 3.05) is 13.6 Å². The summed E-state index contributed by atoms with van der Waals surface area (Å²) in [5.41, 5.74) is 0. The van der Waals surface area contributed by atoms with Gasteiger partial charge >= 0.3 is 0 Å². The van der Waals surface area contributed by atoms with Crippen LogP contribution in [0.3, 0.4) is 0 Å². The van der Waals surface area contributed by atoms with Gasteiger partial charge in [0.25, 0.3) is 0 Å². The Hall–Kier alpha value is -0.570. The predicted molar refractivity (Wildman–Crippen MR) is 46.8 cm³/mol. The molecular weight excluding hydrogens is 152 g/mol. The predicted octanol–water partition coefficient (Wildman–Crippen LogP) is 0.359. The van der Waals surface area contributed by atoms with E-state index in [2.05, 4.69) is 5.32 Å². The summed E-state index contributed by atoms with van der Waals surface area (Å²) in [6.45, 7) is 0.993. The van der Waals surface area contributed by atoms with Crippen LogP contribution in [0.5, 0.6) is 0 Å². The number of carbonyl (C=O) groups is 1. The maximum Gasteiger partial charge on any atom is 0.222 e. The van der Waals surface area contributed by atoms with E-state index in [0.717, 1.165) is 25.4 Å². The first-order chi connectivity index (χ1) is 5.77. The molecule has 2 aliphatic rings. The van der Waals surface area contributed by atoms with E-state index in [1.165, 1.54) is 12.8 Å². The van der Waals surface area contributed by atoms with Gasteiger partial charge in [-0.1, -0.05) is 0 Å². The molecule has 1 saturated carbocycles. The average molecular weight is 168 g/mol. The summed E-state index contributed by atoms with van der Waals surface area (Å²) in [6.07, 6.45) is 4.43. The molecule has 1 aliphatic carbocycles. The molecule has 1 saturated heterocycles. The topological polar surface area (TPSA) is 32.3 Å². The second-order valence-electron chi connectivity index (χ2n) is 3.88. The van der Waals surface area contributed by atoms with E-state index >= 15 is 0 Å². The van der Waals surface area contributed by atoms with Crippen LogP contribution in [0.25, 0.3) is 0 Å². The molecule has 3 nitrogen and oxygen atoms in total. The third-order valence-electron chi connectivity index (χ3n) is 2.85. The minimum absolute atomic E-state index is 0.303. The van der Waals surface area contributed by atoms with E-state index in [9.17, 15) is 4.79 Å². The summed E-state index contributed by atoms with van der Waals surface area (Å²) in [7, 11) is 1.91. The highest BCUT2D eigenvalue weighted by atomic mass is 16.2. The number of carbonyl (C=O) groups excluding carboxylic acids is 1. The van der Waals surface area contributed by atoms with Crippen molar-refractivity contribution in [1.29, 1.82) is 0 Å². The highest BCUT2D eigenvalue weighted by Gasteiger charge is 2.29. The van der Waals surface area contributed by atoms with Crippen LogP contribution in [0.1, 0.15) is 25.7 Å². The maximum absolute atomic E-state index is 11.1. The van der Waals surface area contributed by atoms with Gasteiger partial charge in [0.15, 0.2) is 0 Å². The summed E-state index contributed by atoms with van der Waals surface area (Å²) in [5.74, 6) is 0.303. The molecule has 1 heterocycles. The zero-order valence-electron chi connectivity index (χ0n) is 7.55. The third-order valence-corrected chi connectivity index (χ3v) is 2.85. The van der Waals surface area contributed by atoms with Gasteiger partial charge in [0, 0.05) is 32.1 Å². The van der Waals surface area contributed by atoms with E-state index in [4.69, 9.17) is 0 Å². The zero-order valence-corrected chi connectivity index (χ0v) is 7.55. The summed E-state index contributed by atoms with van der Waals surface area (Å²) in [5, 5.41) is 3.46. The standard InChI is InChI=1S/C9H16N2O/c1-11-8(4-5-9(11)12)6-10-7-2-3-7/h7-8,10H,2-6H2,1H3. The van der Waals surface area contributed by atoms with Crippen molar-refractivity contribution >= 4 is 5.91 Å². The average Bonchev–Trinajstić information content (AvgIpc) is 2.82. The van der Waals surface area contributed by atoms with Gasteiger partial charge in [0.1, 0.15) is 0 Å². The number of hydrogen-bond donors (Lipinski definition) is 1. The molecule has 1 atom stereocenters. The smallest absolute Gasteiger partial charge is 0.222 e. The maximum atomic E-state index is 11.1. The van der Waals surface area contributed by atoms with E-state index in [-0.39, 0.29) is 0 Å². The summed E-state index contributed by atoms with van der Waals surface area (Å²) < 4.78 is 0.